The summed E-state index contributed by atoms with van der Waals surface area (Å²) in [6, 6.07) is -0.779. The summed E-state index contributed by atoms with van der Waals surface area (Å²) < 4.78 is 5.00. The Labute approximate surface area is 88.8 Å². The lowest BCUT2D eigenvalue weighted by Gasteiger charge is -2.14. The Bertz CT molecular complexity index is 242. The third-order valence-electron chi connectivity index (χ3n) is 2.53. The van der Waals surface area contributed by atoms with Crippen molar-refractivity contribution in [1.29, 1.82) is 0 Å². The van der Waals surface area contributed by atoms with Gasteiger partial charge in [0, 0.05) is 0 Å². The van der Waals surface area contributed by atoms with Crippen molar-refractivity contribution < 1.29 is 19.4 Å². The maximum Gasteiger partial charge on any atom is 0.321 e. The Morgan fingerprint density at radius 1 is 1.53 bits per heavy atom. The van der Waals surface area contributed by atoms with Crippen molar-refractivity contribution in [2.45, 2.75) is 32.2 Å². The highest BCUT2D eigenvalue weighted by atomic mass is 16.5. The molecule has 1 rings (SSSR count). The van der Waals surface area contributed by atoms with Crippen LogP contribution in [-0.4, -0.2) is 36.2 Å². The van der Waals surface area contributed by atoms with Gasteiger partial charge < -0.3 is 15.2 Å². The zero-order valence-electron chi connectivity index (χ0n) is 8.86. The quantitative estimate of drug-likeness (QED) is 0.512. The molecule has 5 nitrogen and oxygen atoms in total. The van der Waals surface area contributed by atoms with Gasteiger partial charge in [-0.05, 0) is 19.4 Å². The predicted octanol–water partition coefficient (Wildman–Crippen LogP) is 0.392. The topological polar surface area (TPSA) is 75.6 Å². The van der Waals surface area contributed by atoms with E-state index in [0.717, 1.165) is 12.8 Å². The maximum absolute atomic E-state index is 11.5. The molecule has 15 heavy (non-hydrogen) atoms. The smallest absolute Gasteiger partial charge is 0.321 e. The molecule has 0 aromatic heterocycles. The van der Waals surface area contributed by atoms with Crippen LogP contribution in [0.2, 0.25) is 0 Å². The van der Waals surface area contributed by atoms with Crippen molar-refractivity contribution in [3.8, 4) is 0 Å². The SMILES string of the molecule is CCCCOC(=O)[C@H]1CCN[C@@H]1C(=O)O. The molecule has 0 aliphatic carbocycles. The average Bonchev–Trinajstić information content (AvgIpc) is 2.66. The number of carbonyl (C=O) groups is 2. The van der Waals surface area contributed by atoms with Crippen molar-refractivity contribution in [1.82, 2.24) is 5.32 Å². The van der Waals surface area contributed by atoms with Crippen molar-refractivity contribution in [2.75, 3.05) is 13.2 Å². The molecule has 1 aliphatic heterocycles. The number of esters is 1. The molecule has 1 saturated heterocycles. The summed E-state index contributed by atoms with van der Waals surface area (Å²) in [4.78, 5) is 22.3. The van der Waals surface area contributed by atoms with Crippen LogP contribution in [0.3, 0.4) is 0 Å². The molecule has 0 spiro atoms. The number of carbonyl (C=O) groups excluding carboxylic acids is 1. The zero-order valence-corrected chi connectivity index (χ0v) is 8.86. The molecular weight excluding hydrogens is 198 g/mol. The highest BCUT2D eigenvalue weighted by Crippen LogP contribution is 2.17. The van der Waals surface area contributed by atoms with E-state index < -0.39 is 17.9 Å². The van der Waals surface area contributed by atoms with Crippen LogP contribution in [0.4, 0.5) is 0 Å². The Balaban J connectivity index is 2.40. The molecule has 0 radical (unpaired) electrons. The zero-order chi connectivity index (χ0) is 11.3. The summed E-state index contributed by atoms with van der Waals surface area (Å²) in [5.74, 6) is -1.90. The minimum Gasteiger partial charge on any atom is -0.480 e. The van der Waals surface area contributed by atoms with Crippen LogP contribution >= 0.6 is 0 Å². The second kappa shape index (κ2) is 5.70. The van der Waals surface area contributed by atoms with Crippen molar-refractivity contribution in [3.63, 3.8) is 0 Å². The van der Waals surface area contributed by atoms with Crippen LogP contribution in [0.15, 0.2) is 0 Å². The number of rotatable bonds is 5. The van der Waals surface area contributed by atoms with E-state index in [1.165, 1.54) is 0 Å². The Hall–Kier alpha value is -1.10. The monoisotopic (exact) mass is 215 g/mol. The van der Waals surface area contributed by atoms with Crippen LogP contribution in [0.25, 0.3) is 0 Å². The first-order chi connectivity index (χ1) is 7.16. The molecule has 0 aromatic rings. The van der Waals surface area contributed by atoms with Gasteiger partial charge >= 0.3 is 11.9 Å². The Morgan fingerprint density at radius 3 is 2.87 bits per heavy atom. The van der Waals surface area contributed by atoms with Gasteiger partial charge in [-0.3, -0.25) is 9.59 Å². The molecule has 2 N–H and O–H groups in total. The summed E-state index contributed by atoms with van der Waals surface area (Å²) in [5, 5.41) is 11.6. The fourth-order valence-corrected chi connectivity index (χ4v) is 1.64. The number of hydrogen-bond acceptors (Lipinski definition) is 4. The van der Waals surface area contributed by atoms with E-state index in [2.05, 4.69) is 5.32 Å². The van der Waals surface area contributed by atoms with Gasteiger partial charge in [0.05, 0.1) is 12.5 Å². The molecule has 86 valence electrons. The first kappa shape index (κ1) is 12.0. The number of carboxylic acids is 1. The van der Waals surface area contributed by atoms with Gasteiger partial charge in [-0.2, -0.15) is 0 Å². The molecule has 5 heteroatoms. The second-order valence-electron chi connectivity index (χ2n) is 3.69. The minimum atomic E-state index is -0.982. The number of aliphatic carboxylic acids is 1. The van der Waals surface area contributed by atoms with Crippen molar-refractivity contribution in [3.05, 3.63) is 0 Å². The highest BCUT2D eigenvalue weighted by molar-refractivity contribution is 5.84. The normalized spacial score (nSPS) is 25.1. The van der Waals surface area contributed by atoms with Gasteiger partial charge in [0.1, 0.15) is 6.04 Å². The van der Waals surface area contributed by atoms with Crippen LogP contribution in [0, 0.1) is 5.92 Å². The lowest BCUT2D eigenvalue weighted by atomic mass is 10.0. The van der Waals surface area contributed by atoms with E-state index in [9.17, 15) is 9.59 Å². The molecule has 0 aromatic carbocycles. The van der Waals surface area contributed by atoms with Gasteiger partial charge in [0.2, 0.25) is 0 Å². The molecule has 0 unspecified atom stereocenters. The van der Waals surface area contributed by atoms with Gasteiger partial charge in [-0.25, -0.2) is 0 Å². The van der Waals surface area contributed by atoms with Crippen LogP contribution in [0.5, 0.6) is 0 Å². The van der Waals surface area contributed by atoms with Crippen LogP contribution < -0.4 is 5.32 Å². The van der Waals surface area contributed by atoms with E-state index in [-0.39, 0.29) is 5.97 Å². The standard InChI is InChI=1S/C10H17NO4/c1-2-3-6-15-10(14)7-4-5-11-8(7)9(12)13/h7-8,11H,2-6H2,1H3,(H,12,13)/t7-,8-/m0/s1. The molecule has 0 bridgehead atoms. The summed E-state index contributed by atoms with van der Waals surface area (Å²) in [7, 11) is 0. The highest BCUT2D eigenvalue weighted by Gasteiger charge is 2.38. The van der Waals surface area contributed by atoms with Crippen molar-refractivity contribution in [2.24, 2.45) is 5.92 Å². The Kier molecular flexibility index (Phi) is 4.55. The van der Waals surface area contributed by atoms with E-state index in [1.807, 2.05) is 6.92 Å². The van der Waals surface area contributed by atoms with Gasteiger partial charge in [0.15, 0.2) is 0 Å². The average molecular weight is 215 g/mol. The van der Waals surface area contributed by atoms with E-state index >= 15 is 0 Å². The minimum absolute atomic E-state index is 0.387. The van der Waals surface area contributed by atoms with Crippen LogP contribution in [0.1, 0.15) is 26.2 Å². The summed E-state index contributed by atoms with van der Waals surface area (Å²) in [6.07, 6.45) is 2.32. The molecule has 0 saturated carbocycles. The molecule has 2 atom stereocenters. The molecule has 1 heterocycles. The fourth-order valence-electron chi connectivity index (χ4n) is 1.64. The number of carboxylic acid groups (broad SMARTS) is 1. The number of hydrogen-bond donors (Lipinski definition) is 2. The van der Waals surface area contributed by atoms with Crippen LogP contribution in [-0.2, 0) is 14.3 Å². The van der Waals surface area contributed by atoms with E-state index in [1.54, 1.807) is 0 Å². The maximum atomic E-state index is 11.5. The molecular formula is C10H17NO4. The first-order valence-electron chi connectivity index (χ1n) is 5.29. The van der Waals surface area contributed by atoms with E-state index in [4.69, 9.17) is 9.84 Å². The first-order valence-corrected chi connectivity index (χ1v) is 5.29. The fraction of sp³-hybridized carbons (Fsp3) is 0.800. The lowest BCUT2D eigenvalue weighted by molar-refractivity contribution is -0.153. The number of nitrogens with one attached hydrogen (secondary N) is 1. The summed E-state index contributed by atoms with van der Waals surface area (Å²) >= 11 is 0. The summed E-state index contributed by atoms with van der Waals surface area (Å²) in [6.45, 7) is 2.95. The van der Waals surface area contributed by atoms with Gasteiger partial charge in [-0.15, -0.1) is 0 Å². The molecule has 1 aliphatic rings. The van der Waals surface area contributed by atoms with E-state index in [0.29, 0.717) is 19.6 Å². The summed E-state index contributed by atoms with van der Waals surface area (Å²) in [5.41, 5.74) is 0. The molecule has 1 fully saturated rings. The lowest BCUT2D eigenvalue weighted by Crippen LogP contribution is -2.39. The van der Waals surface area contributed by atoms with Crippen molar-refractivity contribution >= 4 is 11.9 Å². The number of unbranched alkanes of at least 4 members (excludes halogenated alkanes) is 1. The van der Waals surface area contributed by atoms with Gasteiger partial charge in [0.25, 0.3) is 0 Å². The third-order valence-corrected chi connectivity index (χ3v) is 2.53. The number of ether oxygens (including phenoxy) is 1. The predicted molar refractivity (Wildman–Crippen MR) is 53.4 cm³/mol. The Morgan fingerprint density at radius 2 is 2.27 bits per heavy atom. The molecule has 0 amide bonds. The second-order valence-corrected chi connectivity index (χ2v) is 3.69. The largest absolute Gasteiger partial charge is 0.480 e. The third kappa shape index (κ3) is 3.20. The van der Waals surface area contributed by atoms with Gasteiger partial charge in [-0.1, -0.05) is 13.3 Å².